The molecule has 0 saturated carbocycles. The number of nitriles is 2. The van der Waals surface area contributed by atoms with Gasteiger partial charge in [-0.2, -0.15) is 10.5 Å². The molecule has 0 amide bonds. The van der Waals surface area contributed by atoms with E-state index >= 15 is 0 Å². The molecule has 266 valence electrons. The van der Waals surface area contributed by atoms with E-state index in [4.69, 9.17) is 20.0 Å². The third kappa shape index (κ3) is 7.91. The van der Waals surface area contributed by atoms with Gasteiger partial charge in [0.2, 0.25) is 0 Å². The number of benzene rings is 7. The lowest BCUT2D eigenvalue weighted by Crippen LogP contribution is -2.08. The van der Waals surface area contributed by atoms with Crippen molar-refractivity contribution < 1.29 is 28.7 Å². The molecule has 7 rings (SSSR count). The van der Waals surface area contributed by atoms with Crippen molar-refractivity contribution in [1.29, 1.82) is 10.5 Å². The molecule has 56 heavy (non-hydrogen) atoms. The highest BCUT2D eigenvalue weighted by Gasteiger charge is 2.20. The molecular weight excluding hydrogens is 701 g/mol. The van der Waals surface area contributed by atoms with Gasteiger partial charge in [0.25, 0.3) is 0 Å². The lowest BCUT2D eigenvalue weighted by molar-refractivity contribution is 0.102. The van der Waals surface area contributed by atoms with Crippen molar-refractivity contribution in [3.63, 3.8) is 0 Å². The minimum atomic E-state index is -0.358. The van der Waals surface area contributed by atoms with Gasteiger partial charge in [0, 0.05) is 33.4 Å². The van der Waals surface area contributed by atoms with E-state index in [1.807, 2.05) is 12.1 Å². The van der Waals surface area contributed by atoms with Crippen molar-refractivity contribution in [2.24, 2.45) is 0 Å². The minimum absolute atomic E-state index is 0.205. The van der Waals surface area contributed by atoms with Crippen molar-refractivity contribution in [3.05, 3.63) is 225 Å². The Hall–Kier alpha value is -8.20. The van der Waals surface area contributed by atoms with Crippen LogP contribution in [-0.4, -0.2) is 23.1 Å². The summed E-state index contributed by atoms with van der Waals surface area (Å²) in [5.74, 6) is 0.288. The maximum Gasteiger partial charge on any atom is 0.196 e. The summed E-state index contributed by atoms with van der Waals surface area (Å²) in [4.78, 5) is 53.7. The Kier molecular flexibility index (Phi) is 10.5. The second kappa shape index (κ2) is 16.2. The normalized spacial score (nSPS) is 10.4. The fourth-order valence-corrected chi connectivity index (χ4v) is 5.93. The smallest absolute Gasteiger partial charge is 0.196 e. The van der Waals surface area contributed by atoms with Gasteiger partial charge in [-0.15, -0.1) is 0 Å². The van der Waals surface area contributed by atoms with Crippen LogP contribution in [0.2, 0.25) is 0 Å². The Bertz CT molecular complexity index is 2520. The maximum absolute atomic E-state index is 13.9. The summed E-state index contributed by atoms with van der Waals surface area (Å²) in [5, 5.41) is 18.1. The molecule has 8 heteroatoms. The van der Waals surface area contributed by atoms with Gasteiger partial charge in [0.05, 0.1) is 34.4 Å². The molecule has 0 heterocycles. The molecule has 0 aromatic heterocycles. The van der Waals surface area contributed by atoms with Crippen LogP contribution in [0.15, 0.2) is 170 Å². The average molecular weight is 729 g/mol. The van der Waals surface area contributed by atoms with Crippen molar-refractivity contribution in [1.82, 2.24) is 0 Å². The number of rotatable bonds is 12. The van der Waals surface area contributed by atoms with Crippen LogP contribution in [0, 0.1) is 22.7 Å². The number of ketones is 4. The number of nitrogens with zero attached hydrogens (tertiary/aromatic N) is 2. The third-order valence-electron chi connectivity index (χ3n) is 8.89. The summed E-state index contributed by atoms with van der Waals surface area (Å²) < 4.78 is 12.2. The highest BCUT2D eigenvalue weighted by molar-refractivity contribution is 6.15. The highest BCUT2D eigenvalue weighted by atomic mass is 16.5. The van der Waals surface area contributed by atoms with E-state index in [0.717, 1.165) is 0 Å². The Balaban J connectivity index is 1.06. The van der Waals surface area contributed by atoms with E-state index in [-0.39, 0.29) is 45.4 Å². The zero-order chi connectivity index (χ0) is 39.0. The van der Waals surface area contributed by atoms with Crippen LogP contribution in [0.4, 0.5) is 0 Å². The Morgan fingerprint density at radius 1 is 0.357 bits per heavy atom. The molecule has 0 atom stereocenters. The molecule has 0 saturated heterocycles. The van der Waals surface area contributed by atoms with Gasteiger partial charge in [0.1, 0.15) is 23.0 Å². The molecule has 0 unspecified atom stereocenters. The van der Waals surface area contributed by atoms with Gasteiger partial charge >= 0.3 is 0 Å². The molecule has 7 aromatic rings. The molecule has 0 aliphatic rings. The summed E-state index contributed by atoms with van der Waals surface area (Å²) in [6.45, 7) is 0. The van der Waals surface area contributed by atoms with E-state index in [2.05, 4.69) is 0 Å². The molecule has 0 fully saturated rings. The fraction of sp³-hybridized carbons (Fsp3) is 0. The predicted molar refractivity (Wildman–Crippen MR) is 208 cm³/mol. The molecule has 7 aromatic carbocycles. The molecule has 0 N–H and O–H groups in total. The Morgan fingerprint density at radius 3 is 1.05 bits per heavy atom. The molecule has 0 radical (unpaired) electrons. The lowest BCUT2D eigenvalue weighted by atomic mass is 9.96. The Morgan fingerprint density at radius 2 is 0.696 bits per heavy atom. The minimum Gasteiger partial charge on any atom is -0.457 e. The number of ether oxygens (including phenoxy) is 2. The molecule has 0 aliphatic carbocycles. The second-order valence-electron chi connectivity index (χ2n) is 12.5. The lowest BCUT2D eigenvalue weighted by Gasteiger charge is -2.13. The zero-order valence-corrected chi connectivity index (χ0v) is 29.5. The number of carbonyl (C=O) groups is 4. The van der Waals surface area contributed by atoms with Gasteiger partial charge in [-0.05, 0) is 127 Å². The quantitative estimate of drug-likeness (QED) is 0.114. The van der Waals surface area contributed by atoms with Crippen LogP contribution < -0.4 is 9.47 Å². The number of hydrogen-bond donors (Lipinski definition) is 0. The first kappa shape index (κ1) is 36.2. The van der Waals surface area contributed by atoms with Gasteiger partial charge in [0.15, 0.2) is 23.1 Å². The van der Waals surface area contributed by atoms with E-state index in [1.165, 1.54) is 6.07 Å². The maximum atomic E-state index is 13.9. The standard InChI is InChI=1S/C48H28N2O6/c49-29-31-12-16-33(17-13-31)45(51)35-20-24-39(25-21-35)55-43-10-3-1-8-41(43)47(53)37-6-5-7-38(28-37)48(54)42-9-2-4-11-44(42)56-40-26-22-36(23-27-40)46(52)34-18-14-32(30-50)15-19-34/h1-28H. The number of hydrogen-bond acceptors (Lipinski definition) is 8. The van der Waals surface area contributed by atoms with E-state index in [0.29, 0.717) is 56.4 Å². The largest absolute Gasteiger partial charge is 0.457 e. The predicted octanol–water partition coefficient (Wildman–Crippen LogP) is 9.94. The topological polar surface area (TPSA) is 134 Å². The summed E-state index contributed by atoms with van der Waals surface area (Å²) >= 11 is 0. The molecular formula is C48H28N2O6. The van der Waals surface area contributed by atoms with Crippen molar-refractivity contribution in [2.45, 2.75) is 0 Å². The molecule has 0 aliphatic heterocycles. The summed E-state index contributed by atoms with van der Waals surface area (Å²) in [6, 6.07) is 49.9. The monoisotopic (exact) mass is 728 g/mol. The first-order chi connectivity index (χ1) is 27.3. The zero-order valence-electron chi connectivity index (χ0n) is 29.5. The summed E-state index contributed by atoms with van der Waals surface area (Å²) in [6.07, 6.45) is 0. The number of carbonyl (C=O) groups excluding carboxylic acids is 4. The fourth-order valence-electron chi connectivity index (χ4n) is 5.93. The molecule has 0 spiro atoms. The highest BCUT2D eigenvalue weighted by Crippen LogP contribution is 2.31. The SMILES string of the molecule is N#Cc1ccc(C(=O)c2ccc(Oc3ccccc3C(=O)c3cccc(C(=O)c4ccccc4Oc4ccc(C(=O)c5ccc(C#N)cc5)cc4)c3)cc2)cc1. The van der Waals surface area contributed by atoms with E-state index in [1.54, 1.807) is 164 Å². The van der Waals surface area contributed by atoms with Crippen LogP contribution >= 0.6 is 0 Å². The van der Waals surface area contributed by atoms with E-state index in [9.17, 15) is 19.2 Å². The van der Waals surface area contributed by atoms with Gasteiger partial charge in [-0.25, -0.2) is 0 Å². The van der Waals surface area contributed by atoms with Crippen molar-refractivity contribution in [2.75, 3.05) is 0 Å². The number of para-hydroxylation sites is 2. The van der Waals surface area contributed by atoms with Crippen LogP contribution in [0.25, 0.3) is 0 Å². The second-order valence-corrected chi connectivity index (χ2v) is 12.5. The van der Waals surface area contributed by atoms with Gasteiger partial charge in [-0.1, -0.05) is 42.5 Å². The first-order valence-electron chi connectivity index (χ1n) is 17.3. The van der Waals surface area contributed by atoms with Crippen molar-refractivity contribution >= 4 is 23.1 Å². The first-order valence-corrected chi connectivity index (χ1v) is 17.3. The summed E-state index contributed by atoms with van der Waals surface area (Å²) in [5.41, 5.74) is 3.80. The van der Waals surface area contributed by atoms with Crippen LogP contribution in [-0.2, 0) is 0 Å². The average Bonchev–Trinajstić information content (AvgIpc) is 3.26. The van der Waals surface area contributed by atoms with Crippen molar-refractivity contribution in [3.8, 4) is 35.1 Å². The van der Waals surface area contributed by atoms with Crippen LogP contribution in [0.5, 0.6) is 23.0 Å². The molecule has 0 bridgehead atoms. The van der Waals surface area contributed by atoms with Crippen LogP contribution in [0.1, 0.15) is 74.8 Å². The summed E-state index contributed by atoms with van der Waals surface area (Å²) in [7, 11) is 0. The van der Waals surface area contributed by atoms with Crippen LogP contribution in [0.3, 0.4) is 0 Å². The van der Waals surface area contributed by atoms with Gasteiger partial charge in [-0.3, -0.25) is 19.2 Å². The Labute approximate surface area is 322 Å². The van der Waals surface area contributed by atoms with Gasteiger partial charge < -0.3 is 9.47 Å². The molecule has 8 nitrogen and oxygen atoms in total. The van der Waals surface area contributed by atoms with E-state index < -0.39 is 0 Å². The third-order valence-corrected chi connectivity index (χ3v) is 8.89.